The third-order valence-electron chi connectivity index (χ3n) is 6.07. The van der Waals surface area contributed by atoms with E-state index in [0.29, 0.717) is 17.1 Å². The lowest BCUT2D eigenvalue weighted by atomic mass is 9.76. The van der Waals surface area contributed by atoms with Crippen LogP contribution in [-0.2, 0) is 11.3 Å². The molecule has 1 atom stereocenters. The van der Waals surface area contributed by atoms with Crippen molar-refractivity contribution in [1.29, 1.82) is 0 Å². The first kappa shape index (κ1) is 19.6. The van der Waals surface area contributed by atoms with Crippen molar-refractivity contribution in [3.8, 4) is 0 Å². The Morgan fingerprint density at radius 3 is 2.81 bits per heavy atom. The molecule has 2 saturated heterocycles. The third kappa shape index (κ3) is 4.21. The van der Waals surface area contributed by atoms with Crippen molar-refractivity contribution in [1.82, 2.24) is 19.7 Å². The predicted octanol–water partition coefficient (Wildman–Crippen LogP) is 2.89. The molecule has 0 saturated carbocycles. The van der Waals surface area contributed by atoms with Gasteiger partial charge in [0.2, 0.25) is 5.91 Å². The minimum absolute atomic E-state index is 0.00111. The molecule has 0 aromatic carbocycles. The number of likely N-dealkylation sites (tertiary alicyclic amines) is 2. The number of carbonyl (C=O) groups excluding carboxylic acids is 1. The monoisotopic (exact) mass is 378 g/mol. The largest absolute Gasteiger partial charge is 0.340 e. The summed E-state index contributed by atoms with van der Waals surface area (Å²) in [7, 11) is 4.08. The summed E-state index contributed by atoms with van der Waals surface area (Å²) in [4.78, 5) is 24.0. The van der Waals surface area contributed by atoms with Gasteiger partial charge in [-0.1, -0.05) is 24.6 Å². The lowest BCUT2D eigenvalue weighted by molar-refractivity contribution is -0.135. The molecule has 26 heavy (non-hydrogen) atoms. The zero-order valence-electron chi connectivity index (χ0n) is 16.2. The van der Waals surface area contributed by atoms with Gasteiger partial charge in [0.15, 0.2) is 0 Å². The molecule has 0 radical (unpaired) electrons. The summed E-state index contributed by atoms with van der Waals surface area (Å²) in [5, 5.41) is 0.482. The van der Waals surface area contributed by atoms with Crippen LogP contribution in [0.3, 0.4) is 0 Å². The van der Waals surface area contributed by atoms with Gasteiger partial charge in [0.1, 0.15) is 5.15 Å². The van der Waals surface area contributed by atoms with Crippen molar-refractivity contribution in [3.05, 3.63) is 29.0 Å². The van der Waals surface area contributed by atoms with Crippen LogP contribution in [0.15, 0.2) is 18.3 Å². The highest BCUT2D eigenvalue weighted by atomic mass is 35.5. The minimum atomic E-state index is -0.00111. The fraction of sp³-hybridized carbons (Fsp3) is 0.700. The Labute approximate surface area is 162 Å². The number of piperidine rings is 1. The Kier molecular flexibility index (Phi) is 6.21. The average molecular weight is 379 g/mol. The number of aromatic nitrogens is 1. The summed E-state index contributed by atoms with van der Waals surface area (Å²) in [6.45, 7) is 7.05. The number of rotatable bonds is 5. The van der Waals surface area contributed by atoms with Gasteiger partial charge in [-0.05, 0) is 63.8 Å². The van der Waals surface area contributed by atoms with Gasteiger partial charge in [-0.2, -0.15) is 0 Å². The van der Waals surface area contributed by atoms with Crippen molar-refractivity contribution in [2.24, 2.45) is 5.41 Å². The lowest BCUT2D eigenvalue weighted by Gasteiger charge is -2.37. The van der Waals surface area contributed by atoms with E-state index in [1.54, 1.807) is 6.20 Å². The fourth-order valence-electron chi connectivity index (χ4n) is 4.49. The molecular formula is C20H31ClN4O. The molecule has 2 aliphatic rings. The van der Waals surface area contributed by atoms with Gasteiger partial charge in [-0.15, -0.1) is 0 Å². The van der Waals surface area contributed by atoms with Crippen LogP contribution in [-0.4, -0.2) is 71.9 Å². The fourth-order valence-corrected chi connectivity index (χ4v) is 4.67. The Morgan fingerprint density at radius 2 is 2.15 bits per heavy atom. The number of nitrogens with zero attached hydrogens (tertiary/aromatic N) is 4. The highest BCUT2D eigenvalue weighted by Crippen LogP contribution is 2.43. The molecule has 6 heteroatoms. The summed E-state index contributed by atoms with van der Waals surface area (Å²) in [5.74, 6) is 0.217. The van der Waals surface area contributed by atoms with Gasteiger partial charge in [-0.25, -0.2) is 4.98 Å². The van der Waals surface area contributed by atoms with E-state index in [9.17, 15) is 4.79 Å². The average Bonchev–Trinajstić information content (AvgIpc) is 2.98. The Balaban J connectivity index is 1.70. The van der Waals surface area contributed by atoms with Crippen LogP contribution in [0.5, 0.6) is 0 Å². The summed E-state index contributed by atoms with van der Waals surface area (Å²) in [5.41, 5.74) is 1.22. The molecule has 1 aromatic heterocycles. The van der Waals surface area contributed by atoms with Gasteiger partial charge < -0.3 is 9.80 Å². The molecule has 1 aromatic rings. The maximum atomic E-state index is 13.2. The number of likely N-dealkylation sites (N-methyl/N-ethyl adjacent to an activating group) is 1. The highest BCUT2D eigenvalue weighted by Gasteiger charge is 2.47. The van der Waals surface area contributed by atoms with Crippen LogP contribution in [0.2, 0.25) is 5.15 Å². The second-order valence-corrected chi connectivity index (χ2v) is 8.50. The van der Waals surface area contributed by atoms with Crippen molar-refractivity contribution in [3.63, 3.8) is 0 Å². The van der Waals surface area contributed by atoms with Crippen LogP contribution >= 0.6 is 11.6 Å². The molecule has 1 spiro atoms. The molecule has 3 rings (SSSR count). The standard InChI is InChI=1S/C20H31ClN4O/c1-4-10-25-15-20(7-11-23(2)12-8-20)13-17(25)19(26)24(3)14-16-6-5-9-22-18(16)21/h5-6,9,17H,4,7-8,10-15H2,1-3H3. The van der Waals surface area contributed by atoms with E-state index >= 15 is 0 Å². The first-order valence-corrected chi connectivity index (χ1v) is 10.1. The molecular weight excluding hydrogens is 348 g/mol. The number of hydrogen-bond acceptors (Lipinski definition) is 4. The van der Waals surface area contributed by atoms with Gasteiger partial charge in [0, 0.05) is 31.9 Å². The van der Waals surface area contributed by atoms with Crippen molar-refractivity contribution in [2.45, 2.75) is 45.2 Å². The van der Waals surface area contributed by atoms with E-state index in [1.165, 1.54) is 12.8 Å². The zero-order valence-corrected chi connectivity index (χ0v) is 17.0. The summed E-state index contributed by atoms with van der Waals surface area (Å²) < 4.78 is 0. The van der Waals surface area contributed by atoms with E-state index < -0.39 is 0 Å². The number of pyridine rings is 1. The maximum absolute atomic E-state index is 13.2. The van der Waals surface area contributed by atoms with E-state index in [0.717, 1.165) is 44.6 Å². The summed E-state index contributed by atoms with van der Waals surface area (Å²) in [6.07, 6.45) is 6.15. The van der Waals surface area contributed by atoms with Gasteiger partial charge >= 0.3 is 0 Å². The molecule has 0 aliphatic carbocycles. The minimum Gasteiger partial charge on any atom is -0.340 e. The molecule has 0 bridgehead atoms. The number of halogens is 1. The molecule has 0 N–H and O–H groups in total. The highest BCUT2D eigenvalue weighted by molar-refractivity contribution is 6.30. The second kappa shape index (κ2) is 8.24. The molecule has 1 amide bonds. The summed E-state index contributed by atoms with van der Waals surface area (Å²) in [6, 6.07) is 3.81. The smallest absolute Gasteiger partial charge is 0.239 e. The lowest BCUT2D eigenvalue weighted by Crippen LogP contribution is -2.44. The second-order valence-electron chi connectivity index (χ2n) is 8.14. The van der Waals surface area contributed by atoms with Gasteiger partial charge in [-0.3, -0.25) is 9.69 Å². The van der Waals surface area contributed by atoms with Crippen LogP contribution in [0.4, 0.5) is 0 Å². The third-order valence-corrected chi connectivity index (χ3v) is 6.41. The first-order chi connectivity index (χ1) is 12.4. The van der Waals surface area contributed by atoms with Crippen LogP contribution in [0, 0.1) is 5.41 Å². The topological polar surface area (TPSA) is 39.7 Å². The van der Waals surface area contributed by atoms with Crippen molar-refractivity contribution < 1.29 is 4.79 Å². The Hall–Kier alpha value is -1.17. The first-order valence-electron chi connectivity index (χ1n) is 9.71. The van der Waals surface area contributed by atoms with E-state index in [-0.39, 0.29) is 11.9 Å². The Bertz CT molecular complexity index is 630. The SMILES string of the molecule is CCCN1CC2(CCN(C)CC2)CC1C(=O)N(C)Cc1cccnc1Cl. The van der Waals surface area contributed by atoms with Crippen molar-refractivity contribution >= 4 is 17.5 Å². The number of amides is 1. The van der Waals surface area contributed by atoms with E-state index in [2.05, 4.69) is 28.8 Å². The van der Waals surface area contributed by atoms with E-state index in [1.807, 2.05) is 24.1 Å². The van der Waals surface area contributed by atoms with Crippen LogP contribution in [0.1, 0.15) is 38.2 Å². The number of carbonyl (C=O) groups is 1. The predicted molar refractivity (Wildman–Crippen MR) is 105 cm³/mol. The molecule has 3 heterocycles. The molecule has 2 aliphatic heterocycles. The van der Waals surface area contributed by atoms with Crippen LogP contribution < -0.4 is 0 Å². The molecule has 1 unspecified atom stereocenters. The Morgan fingerprint density at radius 1 is 1.42 bits per heavy atom. The summed E-state index contributed by atoms with van der Waals surface area (Å²) >= 11 is 6.18. The van der Waals surface area contributed by atoms with Crippen molar-refractivity contribution in [2.75, 3.05) is 40.3 Å². The zero-order chi connectivity index (χ0) is 18.7. The maximum Gasteiger partial charge on any atom is 0.239 e. The number of hydrogen-bond donors (Lipinski definition) is 0. The van der Waals surface area contributed by atoms with Crippen LogP contribution in [0.25, 0.3) is 0 Å². The quantitative estimate of drug-likeness (QED) is 0.738. The van der Waals surface area contributed by atoms with Gasteiger partial charge in [0.05, 0.1) is 6.04 Å². The molecule has 144 valence electrons. The normalized spacial score (nSPS) is 23.5. The van der Waals surface area contributed by atoms with E-state index in [4.69, 9.17) is 11.6 Å². The molecule has 2 fully saturated rings. The molecule has 5 nitrogen and oxygen atoms in total. The van der Waals surface area contributed by atoms with Gasteiger partial charge in [0.25, 0.3) is 0 Å².